The summed E-state index contributed by atoms with van der Waals surface area (Å²) in [5.41, 5.74) is 0.770. The molecule has 4 heterocycles. The predicted octanol–water partition coefficient (Wildman–Crippen LogP) is 5.54. The molecule has 2 atom stereocenters. The van der Waals surface area contributed by atoms with Crippen molar-refractivity contribution >= 4 is 37.4 Å². The number of rotatable bonds is 7. The molecule has 0 radical (unpaired) electrons. The molecule has 1 aliphatic carbocycles. The summed E-state index contributed by atoms with van der Waals surface area (Å²) in [7, 11) is -2.01. The van der Waals surface area contributed by atoms with E-state index in [1.54, 1.807) is 11.1 Å². The highest BCUT2D eigenvalue weighted by molar-refractivity contribution is 6.74. The summed E-state index contributed by atoms with van der Waals surface area (Å²) >= 11 is 0. The van der Waals surface area contributed by atoms with Crippen LogP contribution >= 0.6 is 0 Å². The summed E-state index contributed by atoms with van der Waals surface area (Å²) in [6.07, 6.45) is 4.28. The molecule has 2 aromatic rings. The average Bonchev–Trinajstić information content (AvgIpc) is 3.62. The van der Waals surface area contributed by atoms with Gasteiger partial charge in [-0.15, -0.1) is 0 Å². The van der Waals surface area contributed by atoms with Gasteiger partial charge in [-0.05, 0) is 70.8 Å². The van der Waals surface area contributed by atoms with Crippen LogP contribution in [0.3, 0.4) is 0 Å². The maximum Gasteiger partial charge on any atom is 0.243 e. The van der Waals surface area contributed by atoms with Gasteiger partial charge in [0, 0.05) is 19.1 Å². The summed E-state index contributed by atoms with van der Waals surface area (Å²) in [4.78, 5) is 32.5. The Morgan fingerprint density at radius 2 is 1.79 bits per heavy atom. The molecule has 1 amide bonds. The third kappa shape index (κ3) is 5.43. The van der Waals surface area contributed by atoms with Crippen LogP contribution in [0.2, 0.25) is 18.1 Å². The van der Waals surface area contributed by atoms with Gasteiger partial charge in [-0.2, -0.15) is 0 Å². The normalized spacial score (nSPS) is 23.3. The minimum Gasteiger partial charge on any atom is -0.409 e. The molecule has 5 rings (SSSR count). The first-order valence-electron chi connectivity index (χ1n) is 14.2. The second kappa shape index (κ2) is 9.81. The molecule has 1 saturated carbocycles. The van der Waals surface area contributed by atoms with E-state index in [0.29, 0.717) is 30.0 Å². The van der Waals surface area contributed by atoms with Crippen LogP contribution in [0.25, 0.3) is 0 Å². The SMILES string of the molecule is C[C@@H]1CN(c2ccc(N3C(=O)C(C)(C)c4c(NC5CC5)nc(CO[Si](C)(C)C(C)(C)C)nc43)cn2)C[C@H](C)O1. The van der Waals surface area contributed by atoms with E-state index in [9.17, 15) is 4.79 Å². The number of carbonyl (C=O) groups excluding carboxylic acids is 1. The van der Waals surface area contributed by atoms with Crippen LogP contribution in [0.1, 0.15) is 72.7 Å². The molecule has 0 unspecified atom stereocenters. The number of morpholine rings is 1. The Hall–Kier alpha value is -2.56. The van der Waals surface area contributed by atoms with Gasteiger partial charge in [0.05, 0.1) is 41.7 Å². The summed E-state index contributed by atoms with van der Waals surface area (Å²) in [6.45, 7) is 21.1. The Bertz CT molecular complexity index is 1230. The van der Waals surface area contributed by atoms with Gasteiger partial charge in [0.2, 0.25) is 5.91 Å². The molecule has 1 N–H and O–H groups in total. The van der Waals surface area contributed by atoms with Crippen molar-refractivity contribution in [3.8, 4) is 0 Å². The van der Waals surface area contributed by atoms with Crippen molar-refractivity contribution < 1.29 is 14.0 Å². The number of amides is 1. The number of hydrogen-bond donors (Lipinski definition) is 1. The zero-order valence-electron chi connectivity index (χ0n) is 25.0. The monoisotopic (exact) mass is 552 g/mol. The molecule has 212 valence electrons. The first kappa shape index (κ1) is 28.0. The average molecular weight is 553 g/mol. The fourth-order valence-electron chi connectivity index (χ4n) is 5.07. The van der Waals surface area contributed by atoms with Gasteiger partial charge in [-0.3, -0.25) is 9.69 Å². The van der Waals surface area contributed by atoms with Crippen LogP contribution in [-0.2, 0) is 26.0 Å². The van der Waals surface area contributed by atoms with Crippen LogP contribution in [0.15, 0.2) is 18.3 Å². The largest absolute Gasteiger partial charge is 0.409 e. The van der Waals surface area contributed by atoms with E-state index in [2.05, 4.69) is 57.9 Å². The van der Waals surface area contributed by atoms with E-state index in [0.717, 1.165) is 43.1 Å². The summed E-state index contributed by atoms with van der Waals surface area (Å²) < 4.78 is 12.4. The van der Waals surface area contributed by atoms with Crippen molar-refractivity contribution in [2.24, 2.45) is 0 Å². The Labute approximate surface area is 233 Å². The molecule has 10 heteroatoms. The number of ether oxygens (including phenoxy) is 1. The van der Waals surface area contributed by atoms with Crippen molar-refractivity contribution in [1.82, 2.24) is 15.0 Å². The van der Waals surface area contributed by atoms with Crippen LogP contribution in [0.4, 0.5) is 23.1 Å². The predicted molar refractivity (Wildman–Crippen MR) is 157 cm³/mol. The molecule has 3 aliphatic rings. The molecule has 2 aromatic heterocycles. The quantitative estimate of drug-likeness (QED) is 0.448. The molecule has 1 saturated heterocycles. The van der Waals surface area contributed by atoms with Crippen molar-refractivity contribution in [1.29, 1.82) is 0 Å². The van der Waals surface area contributed by atoms with Gasteiger partial charge >= 0.3 is 0 Å². The molecular weight excluding hydrogens is 508 g/mol. The van der Waals surface area contributed by atoms with Gasteiger partial charge < -0.3 is 19.4 Å². The summed E-state index contributed by atoms with van der Waals surface area (Å²) in [6, 6.07) is 4.35. The van der Waals surface area contributed by atoms with E-state index in [1.165, 1.54) is 0 Å². The maximum atomic E-state index is 13.9. The van der Waals surface area contributed by atoms with Crippen molar-refractivity contribution in [3.05, 3.63) is 29.7 Å². The smallest absolute Gasteiger partial charge is 0.243 e. The number of pyridine rings is 1. The number of hydrogen-bond acceptors (Lipinski definition) is 8. The van der Waals surface area contributed by atoms with Crippen molar-refractivity contribution in [3.63, 3.8) is 0 Å². The van der Waals surface area contributed by atoms with Gasteiger partial charge in [0.25, 0.3) is 0 Å². The lowest BCUT2D eigenvalue weighted by Crippen LogP contribution is -2.45. The number of aromatic nitrogens is 3. The topological polar surface area (TPSA) is 92.7 Å². The third-order valence-electron chi connectivity index (χ3n) is 8.53. The van der Waals surface area contributed by atoms with E-state index in [-0.39, 0.29) is 23.2 Å². The molecule has 0 aromatic carbocycles. The van der Waals surface area contributed by atoms with Crippen LogP contribution in [0, 0.1) is 0 Å². The van der Waals surface area contributed by atoms with E-state index >= 15 is 0 Å². The zero-order chi connectivity index (χ0) is 28.3. The standard InChI is InChI=1S/C29H44N6O3Si/c1-18-15-34(16-19(2)38-18)23-13-12-21(14-30-23)35-26-24(29(6,7)27(35)36)25(31-20-10-11-20)32-22(33-26)17-37-39(8,9)28(3,4)5/h12-14,18-20H,10-11,15-17H2,1-9H3,(H,31,32,33)/t18-,19+. The zero-order valence-corrected chi connectivity index (χ0v) is 26.0. The second-order valence-corrected chi connectivity index (χ2v) is 18.3. The summed E-state index contributed by atoms with van der Waals surface area (Å²) in [5, 5.41) is 3.66. The van der Waals surface area contributed by atoms with Gasteiger partial charge in [-0.1, -0.05) is 20.8 Å². The first-order chi connectivity index (χ1) is 18.2. The number of nitrogens with zero attached hydrogens (tertiary/aromatic N) is 5. The minimum absolute atomic E-state index is 0.0312. The van der Waals surface area contributed by atoms with Crippen LogP contribution < -0.4 is 15.1 Å². The molecule has 0 bridgehead atoms. The Kier molecular flexibility index (Phi) is 7.04. The number of fused-ring (bicyclic) bond motifs is 1. The van der Waals surface area contributed by atoms with Gasteiger partial charge in [0.15, 0.2) is 14.1 Å². The maximum absolute atomic E-state index is 13.9. The molecule has 2 aliphatic heterocycles. The van der Waals surface area contributed by atoms with Crippen LogP contribution in [0.5, 0.6) is 0 Å². The highest BCUT2D eigenvalue weighted by atomic mass is 28.4. The van der Waals surface area contributed by atoms with Crippen molar-refractivity contribution in [2.75, 3.05) is 28.2 Å². The number of carbonyl (C=O) groups is 1. The van der Waals surface area contributed by atoms with Gasteiger partial charge in [0.1, 0.15) is 17.5 Å². The minimum atomic E-state index is -2.01. The van der Waals surface area contributed by atoms with E-state index in [1.807, 2.05) is 26.0 Å². The number of nitrogens with one attached hydrogen (secondary N) is 1. The molecular formula is C29H44N6O3Si. The molecule has 9 nitrogen and oxygen atoms in total. The van der Waals surface area contributed by atoms with Gasteiger partial charge in [-0.25, -0.2) is 15.0 Å². The lowest BCUT2D eigenvalue weighted by Gasteiger charge is -2.36. The molecule has 0 spiro atoms. The Balaban J connectivity index is 1.50. The highest BCUT2D eigenvalue weighted by Crippen LogP contribution is 2.48. The Morgan fingerprint density at radius 1 is 1.13 bits per heavy atom. The van der Waals surface area contributed by atoms with Crippen LogP contribution in [-0.4, -0.2) is 60.5 Å². The fraction of sp³-hybridized carbons (Fsp3) is 0.655. The first-order valence-corrected chi connectivity index (χ1v) is 17.1. The fourth-order valence-corrected chi connectivity index (χ4v) is 5.99. The van der Waals surface area contributed by atoms with E-state index in [4.69, 9.17) is 24.1 Å². The second-order valence-electron chi connectivity index (χ2n) is 13.5. The lowest BCUT2D eigenvalue weighted by molar-refractivity contribution is -0.121. The van der Waals surface area contributed by atoms with E-state index < -0.39 is 13.7 Å². The molecule has 2 fully saturated rings. The Morgan fingerprint density at radius 3 is 2.36 bits per heavy atom. The number of anilines is 4. The lowest BCUT2D eigenvalue weighted by atomic mass is 9.87. The molecule has 39 heavy (non-hydrogen) atoms. The summed E-state index contributed by atoms with van der Waals surface area (Å²) in [5.74, 6) is 2.82. The highest BCUT2D eigenvalue weighted by Gasteiger charge is 2.49. The third-order valence-corrected chi connectivity index (χ3v) is 13.0. The van der Waals surface area contributed by atoms with Crippen molar-refractivity contribution in [2.45, 2.75) is 110 Å².